The number of benzene rings is 2. The highest BCUT2D eigenvalue weighted by atomic mass is 32.2. The molecule has 2 aliphatic rings. The van der Waals surface area contributed by atoms with Crippen LogP contribution in [0, 0.1) is 11.7 Å². The number of amides is 2. The normalized spacial score (nSPS) is 16.7. The van der Waals surface area contributed by atoms with Crippen LogP contribution in [-0.4, -0.2) is 44.0 Å². The number of rotatable bonds is 11. The van der Waals surface area contributed by atoms with E-state index in [2.05, 4.69) is 4.72 Å². The van der Waals surface area contributed by atoms with Gasteiger partial charge < -0.3 is 4.74 Å². The van der Waals surface area contributed by atoms with E-state index in [0.29, 0.717) is 35.6 Å². The zero-order valence-electron chi connectivity index (χ0n) is 18.4. The smallest absolute Gasteiger partial charge is 0.261 e. The van der Waals surface area contributed by atoms with Crippen LogP contribution in [0.25, 0.3) is 0 Å². The van der Waals surface area contributed by atoms with Gasteiger partial charge in [0, 0.05) is 12.6 Å². The Morgan fingerprint density at radius 3 is 2.39 bits per heavy atom. The zero-order chi connectivity index (χ0) is 23.6. The molecule has 2 amide bonds. The number of fused-ring (bicyclic) bond motifs is 1. The summed E-state index contributed by atoms with van der Waals surface area (Å²) in [5, 5.41) is 0. The minimum absolute atomic E-state index is 0.131. The van der Waals surface area contributed by atoms with Crippen LogP contribution in [0.2, 0.25) is 0 Å². The highest BCUT2D eigenvalue weighted by Crippen LogP contribution is 2.31. The summed E-state index contributed by atoms with van der Waals surface area (Å²) in [6.07, 6.45) is 2.83. The SMILES string of the molecule is C[C@@H](NS(=O)(=O)CCCCN1C(=O)c2ccccc2C1=O)c1ccc(F)c(OCC2CC2)c1. The van der Waals surface area contributed by atoms with Crippen LogP contribution in [0.1, 0.15) is 64.9 Å². The first-order valence-corrected chi connectivity index (χ1v) is 12.8. The molecular weight excluding hydrogens is 447 g/mol. The van der Waals surface area contributed by atoms with E-state index in [1.165, 1.54) is 18.2 Å². The summed E-state index contributed by atoms with van der Waals surface area (Å²) in [4.78, 5) is 25.9. The number of hydrogen-bond acceptors (Lipinski definition) is 5. The molecule has 0 radical (unpaired) electrons. The Morgan fingerprint density at radius 1 is 1.09 bits per heavy atom. The van der Waals surface area contributed by atoms with E-state index >= 15 is 0 Å². The summed E-state index contributed by atoms with van der Waals surface area (Å²) < 4.78 is 47.2. The third-order valence-corrected chi connectivity index (χ3v) is 7.44. The van der Waals surface area contributed by atoms with Gasteiger partial charge in [-0.15, -0.1) is 0 Å². The molecule has 1 saturated carbocycles. The van der Waals surface area contributed by atoms with Gasteiger partial charge in [0.05, 0.1) is 23.5 Å². The summed E-state index contributed by atoms with van der Waals surface area (Å²) in [5.74, 6) is -0.701. The maximum absolute atomic E-state index is 14.0. The number of ether oxygens (including phenoxy) is 1. The van der Waals surface area contributed by atoms with Crippen molar-refractivity contribution in [2.45, 2.75) is 38.6 Å². The Kier molecular flexibility index (Phi) is 6.81. The molecule has 2 aromatic rings. The van der Waals surface area contributed by atoms with Gasteiger partial charge in [0.15, 0.2) is 11.6 Å². The van der Waals surface area contributed by atoms with Gasteiger partial charge in [0.1, 0.15) is 0 Å². The molecule has 7 nitrogen and oxygen atoms in total. The molecule has 1 fully saturated rings. The molecule has 1 N–H and O–H groups in total. The van der Waals surface area contributed by atoms with Gasteiger partial charge in [-0.2, -0.15) is 0 Å². The Morgan fingerprint density at radius 2 is 1.76 bits per heavy atom. The highest BCUT2D eigenvalue weighted by Gasteiger charge is 2.34. The van der Waals surface area contributed by atoms with Crippen LogP contribution in [-0.2, 0) is 10.0 Å². The lowest BCUT2D eigenvalue weighted by atomic mass is 10.1. The molecule has 9 heteroatoms. The lowest BCUT2D eigenvalue weighted by Crippen LogP contribution is -2.32. The quantitative estimate of drug-likeness (QED) is 0.396. The van der Waals surface area contributed by atoms with Gasteiger partial charge in [0.25, 0.3) is 11.8 Å². The molecule has 1 heterocycles. The minimum Gasteiger partial charge on any atom is -0.490 e. The third kappa shape index (κ3) is 5.59. The fraction of sp³-hybridized carbons (Fsp3) is 0.417. The second kappa shape index (κ2) is 9.61. The molecule has 1 atom stereocenters. The number of hydrogen-bond donors (Lipinski definition) is 1. The lowest BCUT2D eigenvalue weighted by Gasteiger charge is -2.17. The van der Waals surface area contributed by atoms with Crippen LogP contribution in [0.4, 0.5) is 4.39 Å². The molecule has 1 aliphatic heterocycles. The van der Waals surface area contributed by atoms with E-state index in [9.17, 15) is 22.4 Å². The minimum atomic E-state index is -3.62. The van der Waals surface area contributed by atoms with Crippen molar-refractivity contribution in [2.75, 3.05) is 18.9 Å². The zero-order valence-corrected chi connectivity index (χ0v) is 19.2. The van der Waals surface area contributed by atoms with Gasteiger partial charge >= 0.3 is 0 Å². The predicted molar refractivity (Wildman–Crippen MR) is 121 cm³/mol. The van der Waals surface area contributed by atoms with Crippen LogP contribution in [0.5, 0.6) is 5.75 Å². The van der Waals surface area contributed by atoms with Crippen LogP contribution >= 0.6 is 0 Å². The van der Waals surface area contributed by atoms with Gasteiger partial charge in [-0.05, 0) is 68.4 Å². The molecule has 1 aliphatic carbocycles. The van der Waals surface area contributed by atoms with Crippen molar-refractivity contribution in [2.24, 2.45) is 5.92 Å². The maximum Gasteiger partial charge on any atom is 0.261 e. The first-order chi connectivity index (χ1) is 15.7. The fourth-order valence-corrected chi connectivity index (χ4v) is 5.17. The number of carbonyl (C=O) groups is 2. The molecule has 4 rings (SSSR count). The molecule has 0 bridgehead atoms. The number of sulfonamides is 1. The highest BCUT2D eigenvalue weighted by molar-refractivity contribution is 7.89. The molecule has 176 valence electrons. The topological polar surface area (TPSA) is 92.8 Å². The van der Waals surface area contributed by atoms with Gasteiger partial charge in [-0.3, -0.25) is 14.5 Å². The standard InChI is InChI=1S/C24H27FN2O5S/c1-16(18-10-11-21(25)22(14-18)32-15-17-8-9-17)26-33(30,31)13-5-4-12-27-23(28)19-6-2-3-7-20(19)24(27)29/h2-3,6-7,10-11,14,16-17,26H,4-5,8-9,12-13,15H2,1H3/t16-/m1/s1. The Labute approximate surface area is 193 Å². The molecule has 0 unspecified atom stereocenters. The monoisotopic (exact) mass is 474 g/mol. The second-order valence-electron chi connectivity index (χ2n) is 8.62. The fourth-order valence-electron chi connectivity index (χ4n) is 3.79. The summed E-state index contributed by atoms with van der Waals surface area (Å²) in [7, 11) is -3.62. The average molecular weight is 475 g/mol. The number of imide groups is 1. The number of nitrogens with zero attached hydrogens (tertiary/aromatic N) is 1. The Bertz CT molecular complexity index is 1130. The summed E-state index contributed by atoms with van der Waals surface area (Å²) >= 11 is 0. The van der Waals surface area contributed by atoms with Crippen molar-refractivity contribution in [3.05, 3.63) is 65.0 Å². The number of halogens is 1. The molecule has 0 aromatic heterocycles. The summed E-state index contributed by atoms with van der Waals surface area (Å²) in [6, 6.07) is 10.4. The van der Waals surface area contributed by atoms with Crippen molar-refractivity contribution >= 4 is 21.8 Å². The Balaban J connectivity index is 1.27. The Hall–Kier alpha value is -2.78. The molecule has 0 spiro atoms. The van der Waals surface area contributed by atoms with E-state index in [0.717, 1.165) is 17.7 Å². The lowest BCUT2D eigenvalue weighted by molar-refractivity contribution is 0.0652. The van der Waals surface area contributed by atoms with Gasteiger partial charge in [0.2, 0.25) is 10.0 Å². The second-order valence-corrected chi connectivity index (χ2v) is 10.5. The molecular formula is C24H27FN2O5S. The first kappa shape index (κ1) is 23.4. The largest absolute Gasteiger partial charge is 0.490 e. The maximum atomic E-state index is 14.0. The van der Waals surface area contributed by atoms with Crippen LogP contribution in [0.15, 0.2) is 42.5 Å². The predicted octanol–water partition coefficient (Wildman–Crippen LogP) is 3.67. The van der Waals surface area contributed by atoms with Crippen molar-refractivity contribution in [3.8, 4) is 5.75 Å². The van der Waals surface area contributed by atoms with Crippen molar-refractivity contribution < 1.29 is 27.1 Å². The van der Waals surface area contributed by atoms with Crippen LogP contribution < -0.4 is 9.46 Å². The third-order valence-electron chi connectivity index (χ3n) is 5.91. The van der Waals surface area contributed by atoms with Gasteiger partial charge in [-0.25, -0.2) is 17.5 Å². The van der Waals surface area contributed by atoms with E-state index in [1.807, 2.05) is 0 Å². The molecule has 33 heavy (non-hydrogen) atoms. The number of carbonyl (C=O) groups excluding carboxylic acids is 2. The van der Waals surface area contributed by atoms with Crippen LogP contribution in [0.3, 0.4) is 0 Å². The summed E-state index contributed by atoms with van der Waals surface area (Å²) in [6.45, 7) is 2.32. The van der Waals surface area contributed by atoms with E-state index < -0.39 is 21.9 Å². The number of unbranched alkanes of at least 4 members (excludes halogenated alkanes) is 1. The van der Waals surface area contributed by atoms with Gasteiger partial charge in [-0.1, -0.05) is 18.2 Å². The first-order valence-electron chi connectivity index (χ1n) is 11.1. The van der Waals surface area contributed by atoms with E-state index in [4.69, 9.17) is 4.74 Å². The summed E-state index contributed by atoms with van der Waals surface area (Å²) in [5.41, 5.74) is 1.37. The molecule has 2 aromatic carbocycles. The van der Waals surface area contributed by atoms with E-state index in [1.54, 1.807) is 31.2 Å². The average Bonchev–Trinajstić information content (AvgIpc) is 3.58. The van der Waals surface area contributed by atoms with Crippen molar-refractivity contribution in [3.63, 3.8) is 0 Å². The number of nitrogens with one attached hydrogen (secondary N) is 1. The molecule has 0 saturated heterocycles. The van der Waals surface area contributed by atoms with Crippen molar-refractivity contribution in [1.82, 2.24) is 9.62 Å². The van der Waals surface area contributed by atoms with Crippen molar-refractivity contribution in [1.29, 1.82) is 0 Å². The van der Waals surface area contributed by atoms with E-state index in [-0.39, 0.29) is 36.3 Å².